The number of carbonyl (C=O) groups is 2. The van der Waals surface area contributed by atoms with E-state index in [9.17, 15) is 28.4 Å². The molecular weight excluding hydrogens is 551 g/mol. The zero-order chi connectivity index (χ0) is 26.5. The molecule has 190 valence electrons. The lowest BCUT2D eigenvalue weighted by molar-refractivity contribution is -0.161. The van der Waals surface area contributed by atoms with E-state index in [2.05, 4.69) is 0 Å². The van der Waals surface area contributed by atoms with Crippen LogP contribution in [0.1, 0.15) is 24.8 Å². The molecule has 0 bridgehead atoms. The highest BCUT2D eigenvalue weighted by Gasteiger charge is 2.75. The van der Waals surface area contributed by atoms with Crippen molar-refractivity contribution >= 4 is 56.5 Å². The number of carboxylic acid groups (broad SMARTS) is 1. The lowest BCUT2D eigenvalue weighted by atomic mass is 9.75. The van der Waals surface area contributed by atoms with Crippen molar-refractivity contribution < 1.29 is 27.9 Å². The number of carbonyl (C=O) groups excluding carboxylic acids is 1. The third-order valence-corrected chi connectivity index (χ3v) is 10.4. The van der Waals surface area contributed by atoms with E-state index in [0.717, 1.165) is 0 Å². The molecule has 2 aliphatic rings. The average Bonchev–Trinajstić information content (AvgIpc) is 3.44. The number of carboxylic acids is 1. The number of benzene rings is 2. The molecule has 5 atom stereocenters. The number of primary amides is 1. The second-order valence-electron chi connectivity index (χ2n) is 9.16. The smallest absolute Gasteiger partial charge is 0.312 e. The van der Waals surface area contributed by atoms with E-state index in [1.165, 1.54) is 18.2 Å². The van der Waals surface area contributed by atoms with Gasteiger partial charge in [0.2, 0.25) is 5.91 Å². The molecule has 2 saturated carbocycles. The van der Waals surface area contributed by atoms with Crippen LogP contribution in [0.25, 0.3) is 0 Å². The maximum absolute atomic E-state index is 13.6. The molecule has 2 fully saturated rings. The maximum Gasteiger partial charge on any atom is 0.312 e. The maximum atomic E-state index is 13.6. The molecule has 2 aromatic carbocycles. The van der Waals surface area contributed by atoms with Gasteiger partial charge < -0.3 is 15.6 Å². The Bertz CT molecular complexity index is 1380. The monoisotopic (exact) mass is 570 g/mol. The molecule has 2 aromatic rings. The summed E-state index contributed by atoms with van der Waals surface area (Å²) in [4.78, 5) is 24.8. The third kappa shape index (κ3) is 4.35. The number of hydrogen-bond acceptors (Lipinski definition) is 6. The van der Waals surface area contributed by atoms with Crippen LogP contribution in [0.3, 0.4) is 0 Å². The van der Waals surface area contributed by atoms with Gasteiger partial charge in [-0.05, 0) is 55.2 Å². The van der Waals surface area contributed by atoms with Crippen molar-refractivity contribution in [1.29, 1.82) is 5.26 Å². The number of halogens is 3. The lowest BCUT2D eigenvalue weighted by Crippen LogP contribution is -2.45. The number of rotatable bonds is 8. The van der Waals surface area contributed by atoms with Gasteiger partial charge >= 0.3 is 5.97 Å². The second-order valence-corrected chi connectivity index (χ2v) is 12.6. The number of nitrogens with two attached hydrogens (primary N) is 1. The number of aliphatic carboxylic acids is 1. The topological polar surface area (TPSA) is 148 Å². The Morgan fingerprint density at radius 3 is 2.28 bits per heavy atom. The van der Waals surface area contributed by atoms with E-state index in [0.29, 0.717) is 10.6 Å². The molecule has 1 amide bonds. The highest BCUT2D eigenvalue weighted by molar-refractivity contribution is 7.92. The first-order chi connectivity index (χ1) is 16.9. The van der Waals surface area contributed by atoms with Crippen LogP contribution in [0.2, 0.25) is 15.1 Å². The Kier molecular flexibility index (Phi) is 7.05. The Hall–Kier alpha value is -2.35. The van der Waals surface area contributed by atoms with E-state index in [1.807, 2.05) is 6.07 Å². The molecule has 8 nitrogen and oxygen atoms in total. The van der Waals surface area contributed by atoms with Crippen LogP contribution in [-0.2, 0) is 30.8 Å². The molecule has 0 aliphatic heterocycles. The minimum absolute atomic E-state index is 0.0336. The SMILES string of the molecule is N#CC1(C(N)=O)CC1[C@@]1(C(=O)O)C[C@H](S(=O)(=O)c2ccc(Cl)cc2Cl)C[C@@H]1OCc1ccc(Cl)cc1. The van der Waals surface area contributed by atoms with Gasteiger partial charge in [0, 0.05) is 16.0 Å². The van der Waals surface area contributed by atoms with Gasteiger partial charge in [-0.2, -0.15) is 5.26 Å². The first-order valence-electron chi connectivity index (χ1n) is 10.9. The largest absolute Gasteiger partial charge is 0.481 e. The number of ether oxygens (including phenoxy) is 1. The van der Waals surface area contributed by atoms with Crippen LogP contribution in [0.5, 0.6) is 0 Å². The van der Waals surface area contributed by atoms with E-state index >= 15 is 0 Å². The lowest BCUT2D eigenvalue weighted by Gasteiger charge is -2.32. The standard InChI is InChI=1S/C24H21Cl3N2O6S/c25-14-3-1-13(2-4-14)11-35-20-8-16(36(33,34)18-6-5-15(26)7-17(18)27)9-24(20,22(31)32)19-10-23(19,12-28)21(29)30/h1-7,16,19-20H,8-11H2,(H2,29,30)(H,31,32)/t16-,19?,20+,23?,24+/m1/s1. The van der Waals surface area contributed by atoms with Crippen molar-refractivity contribution in [2.75, 3.05) is 0 Å². The molecular formula is C24H21Cl3N2O6S. The number of amides is 1. The van der Waals surface area contributed by atoms with Crippen LogP contribution >= 0.6 is 34.8 Å². The zero-order valence-electron chi connectivity index (χ0n) is 18.7. The summed E-state index contributed by atoms with van der Waals surface area (Å²) in [6.45, 7) is -0.0336. The van der Waals surface area contributed by atoms with Gasteiger partial charge in [-0.3, -0.25) is 9.59 Å². The highest BCUT2D eigenvalue weighted by atomic mass is 35.5. The van der Waals surface area contributed by atoms with Crippen molar-refractivity contribution in [2.24, 2.45) is 22.5 Å². The minimum atomic E-state index is -4.13. The molecule has 0 spiro atoms. The predicted octanol–water partition coefficient (Wildman–Crippen LogP) is 4.25. The number of nitrogens with zero attached hydrogens (tertiary/aromatic N) is 1. The quantitative estimate of drug-likeness (QED) is 0.481. The fraction of sp³-hybridized carbons (Fsp3) is 0.375. The Morgan fingerprint density at radius 1 is 1.11 bits per heavy atom. The zero-order valence-corrected chi connectivity index (χ0v) is 21.7. The van der Waals surface area contributed by atoms with E-state index in [1.54, 1.807) is 24.3 Å². The number of hydrogen-bond donors (Lipinski definition) is 2. The predicted molar refractivity (Wildman–Crippen MR) is 132 cm³/mol. The van der Waals surface area contributed by atoms with Crippen LogP contribution in [0, 0.1) is 28.1 Å². The van der Waals surface area contributed by atoms with E-state index < -0.39 is 49.8 Å². The molecule has 0 heterocycles. The Morgan fingerprint density at radius 2 is 1.75 bits per heavy atom. The third-order valence-electron chi connectivity index (χ3n) is 7.24. The number of sulfone groups is 1. The Balaban J connectivity index is 1.74. The minimum Gasteiger partial charge on any atom is -0.481 e. The average molecular weight is 572 g/mol. The van der Waals surface area contributed by atoms with Crippen molar-refractivity contribution in [2.45, 2.75) is 42.1 Å². The molecule has 2 aliphatic carbocycles. The highest BCUT2D eigenvalue weighted by Crippen LogP contribution is 2.67. The summed E-state index contributed by atoms with van der Waals surface area (Å²) in [7, 11) is -4.13. The normalized spacial score (nSPS) is 29.4. The summed E-state index contributed by atoms with van der Waals surface area (Å²) in [5.74, 6) is -3.31. The van der Waals surface area contributed by atoms with E-state index in [-0.39, 0.29) is 40.8 Å². The van der Waals surface area contributed by atoms with Crippen molar-refractivity contribution in [3.63, 3.8) is 0 Å². The van der Waals surface area contributed by atoms with Crippen LogP contribution in [0.15, 0.2) is 47.4 Å². The van der Waals surface area contributed by atoms with Crippen LogP contribution in [0.4, 0.5) is 0 Å². The number of nitriles is 1. The summed E-state index contributed by atoms with van der Waals surface area (Å²) >= 11 is 18.0. The van der Waals surface area contributed by atoms with Gasteiger partial charge in [0.05, 0.1) is 33.9 Å². The summed E-state index contributed by atoms with van der Waals surface area (Å²) in [5.41, 5.74) is 2.61. The first-order valence-corrected chi connectivity index (χ1v) is 13.6. The van der Waals surface area contributed by atoms with Gasteiger partial charge in [0.1, 0.15) is 10.8 Å². The summed E-state index contributed by atoms with van der Waals surface area (Å²) in [6.07, 6.45) is -1.79. The van der Waals surface area contributed by atoms with Crippen molar-refractivity contribution in [1.82, 2.24) is 0 Å². The molecule has 4 rings (SSSR count). The van der Waals surface area contributed by atoms with Gasteiger partial charge in [0.25, 0.3) is 0 Å². The second kappa shape index (κ2) is 9.51. The van der Waals surface area contributed by atoms with Crippen LogP contribution in [-0.4, -0.2) is 36.8 Å². The van der Waals surface area contributed by atoms with Crippen molar-refractivity contribution in [3.05, 3.63) is 63.1 Å². The van der Waals surface area contributed by atoms with E-state index in [4.69, 9.17) is 45.3 Å². The molecule has 3 N–H and O–H groups in total. The molecule has 2 unspecified atom stereocenters. The van der Waals surface area contributed by atoms with Gasteiger partial charge in [0.15, 0.2) is 9.84 Å². The van der Waals surface area contributed by atoms with Crippen molar-refractivity contribution in [3.8, 4) is 6.07 Å². The molecule has 12 heteroatoms. The fourth-order valence-corrected chi connectivity index (χ4v) is 7.96. The van der Waals surface area contributed by atoms with Crippen LogP contribution < -0.4 is 5.73 Å². The first kappa shape index (κ1) is 26.7. The molecule has 0 radical (unpaired) electrons. The summed E-state index contributed by atoms with van der Waals surface area (Å²) in [5, 5.41) is 19.6. The van der Waals surface area contributed by atoms with Gasteiger partial charge in [-0.15, -0.1) is 0 Å². The molecule has 0 saturated heterocycles. The Labute approximate surface area is 222 Å². The van der Waals surface area contributed by atoms with Gasteiger partial charge in [-0.1, -0.05) is 46.9 Å². The molecule has 36 heavy (non-hydrogen) atoms. The summed E-state index contributed by atoms with van der Waals surface area (Å²) < 4.78 is 33.2. The van der Waals surface area contributed by atoms with Gasteiger partial charge in [-0.25, -0.2) is 8.42 Å². The molecule has 0 aromatic heterocycles. The fourth-order valence-electron chi connectivity index (χ4n) is 5.23. The summed E-state index contributed by atoms with van der Waals surface area (Å²) in [6, 6.07) is 12.5.